The van der Waals surface area contributed by atoms with Crippen LogP contribution in [0.3, 0.4) is 0 Å². The summed E-state index contributed by atoms with van der Waals surface area (Å²) in [7, 11) is 0. The first-order chi connectivity index (χ1) is 13.2. The lowest BCUT2D eigenvalue weighted by molar-refractivity contribution is 0.116. The van der Waals surface area contributed by atoms with Gasteiger partial charge in [0.2, 0.25) is 0 Å². The maximum absolute atomic E-state index is 10.3. The number of rotatable bonds is 7. The summed E-state index contributed by atoms with van der Waals surface area (Å²) in [5.41, 5.74) is 5.86. The van der Waals surface area contributed by atoms with Crippen molar-refractivity contribution in [1.29, 1.82) is 0 Å². The van der Waals surface area contributed by atoms with Crippen LogP contribution in [0.1, 0.15) is 43.5 Å². The highest BCUT2D eigenvalue weighted by atomic mass is 16.5. The Labute approximate surface area is 158 Å². The average Bonchev–Trinajstić information content (AvgIpc) is 3.24. The number of hydrogen-bond donors (Lipinski definition) is 4. The first-order valence-electron chi connectivity index (χ1n) is 9.72. The molecule has 4 rings (SSSR count). The molecule has 7 nitrogen and oxygen atoms in total. The number of nitrogens with zero attached hydrogens (tertiary/aromatic N) is 2. The Kier molecular flexibility index (Phi) is 5.13. The smallest absolute Gasteiger partial charge is 0.159 e. The highest BCUT2D eigenvalue weighted by Crippen LogP contribution is 2.32. The van der Waals surface area contributed by atoms with Crippen LogP contribution >= 0.6 is 0 Å². The molecule has 0 fully saturated rings. The second-order valence-electron chi connectivity index (χ2n) is 7.44. The van der Waals surface area contributed by atoms with E-state index in [1.807, 2.05) is 6.07 Å². The molecule has 0 spiro atoms. The predicted octanol–water partition coefficient (Wildman–Crippen LogP) is 3.26. The lowest BCUT2D eigenvalue weighted by atomic mass is 9.88. The molecule has 0 saturated carbocycles. The Morgan fingerprint density at radius 3 is 3.11 bits per heavy atom. The molecule has 3 aromatic rings. The maximum Gasteiger partial charge on any atom is 0.159 e. The molecule has 1 unspecified atom stereocenters. The number of ether oxygens (including phenoxy) is 1. The number of phenols is 1. The number of aryl methyl sites for hydroxylation is 1. The lowest BCUT2D eigenvalue weighted by Crippen LogP contribution is -2.17. The summed E-state index contributed by atoms with van der Waals surface area (Å²) in [4.78, 5) is 8.05. The van der Waals surface area contributed by atoms with Gasteiger partial charge in [-0.1, -0.05) is 13.8 Å². The molecule has 1 aliphatic rings. The van der Waals surface area contributed by atoms with Crippen molar-refractivity contribution in [3.63, 3.8) is 0 Å². The molecular weight excluding hydrogens is 342 g/mol. The summed E-state index contributed by atoms with van der Waals surface area (Å²) >= 11 is 0. The molecule has 1 aromatic carbocycles. The quantitative estimate of drug-likeness (QED) is 0.378. The molecule has 27 heavy (non-hydrogen) atoms. The van der Waals surface area contributed by atoms with Crippen molar-refractivity contribution in [1.82, 2.24) is 25.5 Å². The van der Waals surface area contributed by atoms with Gasteiger partial charge in [-0.25, -0.2) is 4.98 Å². The van der Waals surface area contributed by atoms with Gasteiger partial charge in [-0.05, 0) is 37.7 Å². The number of aromatic nitrogens is 4. The van der Waals surface area contributed by atoms with Crippen LogP contribution in [0.25, 0.3) is 22.6 Å². The Morgan fingerprint density at radius 1 is 1.37 bits per heavy atom. The third-order valence-electron chi connectivity index (χ3n) is 5.17. The predicted molar refractivity (Wildman–Crippen MR) is 104 cm³/mol. The second-order valence-corrected chi connectivity index (χ2v) is 7.44. The zero-order valence-electron chi connectivity index (χ0n) is 15.9. The molecule has 0 amide bonds. The number of phenolic OH excluding ortho intramolecular Hbond substituents is 1. The van der Waals surface area contributed by atoms with Gasteiger partial charge in [0.25, 0.3) is 0 Å². The topological polar surface area (TPSA) is 98.8 Å². The largest absolute Gasteiger partial charge is 0.508 e. The van der Waals surface area contributed by atoms with Crippen LogP contribution < -0.4 is 5.32 Å². The monoisotopic (exact) mass is 369 g/mol. The molecule has 0 aliphatic heterocycles. The molecular formula is C20H27N5O2. The van der Waals surface area contributed by atoms with E-state index in [9.17, 15) is 5.11 Å². The van der Waals surface area contributed by atoms with Gasteiger partial charge in [0, 0.05) is 36.0 Å². The minimum absolute atomic E-state index is 0.237. The van der Waals surface area contributed by atoms with E-state index in [4.69, 9.17) is 4.74 Å². The van der Waals surface area contributed by atoms with Crippen LogP contribution in [-0.2, 0) is 24.1 Å². The molecule has 0 bridgehead atoms. The standard InChI is InChI=1S/C20H27N5O2/c1-3-6-27-11-21-10-13-8-16-17(9-18(13)26)23-20(22-16)19-14-7-12(2)4-5-15(14)24-25-19/h8-9,12,21,26H,3-7,10-11H2,1-2H3,(H,22,23)(H,24,25). The first-order valence-corrected chi connectivity index (χ1v) is 9.72. The normalized spacial score (nSPS) is 16.7. The molecule has 144 valence electrons. The van der Waals surface area contributed by atoms with E-state index < -0.39 is 0 Å². The molecule has 1 aliphatic carbocycles. The first kappa shape index (κ1) is 18.0. The van der Waals surface area contributed by atoms with Gasteiger partial charge in [-0.2, -0.15) is 5.10 Å². The number of hydrogen-bond acceptors (Lipinski definition) is 5. The van der Waals surface area contributed by atoms with Gasteiger partial charge in [0.05, 0.1) is 17.8 Å². The van der Waals surface area contributed by atoms with Gasteiger partial charge in [0.15, 0.2) is 5.82 Å². The molecule has 2 aromatic heterocycles. The third-order valence-corrected chi connectivity index (χ3v) is 5.17. The molecule has 4 N–H and O–H groups in total. The van der Waals surface area contributed by atoms with Crippen molar-refractivity contribution in [3.05, 3.63) is 29.0 Å². The number of nitrogens with one attached hydrogen (secondary N) is 3. The van der Waals surface area contributed by atoms with Gasteiger partial charge in [-0.3, -0.25) is 10.4 Å². The fraction of sp³-hybridized carbons (Fsp3) is 0.500. The molecule has 7 heteroatoms. The van der Waals surface area contributed by atoms with E-state index >= 15 is 0 Å². The highest BCUT2D eigenvalue weighted by molar-refractivity contribution is 5.81. The van der Waals surface area contributed by atoms with Crippen molar-refractivity contribution in [2.75, 3.05) is 13.3 Å². The van der Waals surface area contributed by atoms with Crippen LogP contribution in [0.4, 0.5) is 0 Å². The maximum atomic E-state index is 10.3. The lowest BCUT2D eigenvalue weighted by Gasteiger charge is -2.17. The summed E-state index contributed by atoms with van der Waals surface area (Å²) in [5, 5.41) is 21.2. The van der Waals surface area contributed by atoms with Crippen molar-refractivity contribution in [3.8, 4) is 17.3 Å². The van der Waals surface area contributed by atoms with Crippen LogP contribution in [0.2, 0.25) is 0 Å². The summed E-state index contributed by atoms with van der Waals surface area (Å²) in [5.74, 6) is 1.66. The molecule has 0 saturated heterocycles. The SMILES string of the molecule is CCCOCNCc1cc2[nH]c(-c3n[nH]c4c3CC(C)CC4)nc2cc1O. The van der Waals surface area contributed by atoms with Crippen molar-refractivity contribution >= 4 is 11.0 Å². The fourth-order valence-corrected chi connectivity index (χ4v) is 3.68. The van der Waals surface area contributed by atoms with E-state index in [0.29, 0.717) is 19.2 Å². The minimum atomic E-state index is 0.237. The second kappa shape index (κ2) is 7.70. The summed E-state index contributed by atoms with van der Waals surface area (Å²) in [6.45, 7) is 6.09. The van der Waals surface area contributed by atoms with Crippen molar-refractivity contribution in [2.24, 2.45) is 5.92 Å². The molecule has 0 radical (unpaired) electrons. The van der Waals surface area contributed by atoms with Gasteiger partial charge >= 0.3 is 0 Å². The number of benzene rings is 1. The third kappa shape index (κ3) is 3.70. The van der Waals surface area contributed by atoms with Crippen molar-refractivity contribution < 1.29 is 9.84 Å². The van der Waals surface area contributed by atoms with E-state index in [1.165, 1.54) is 17.7 Å². The number of imidazole rings is 1. The number of fused-ring (bicyclic) bond motifs is 2. The summed E-state index contributed by atoms with van der Waals surface area (Å²) < 4.78 is 5.42. The molecule has 1 atom stereocenters. The van der Waals surface area contributed by atoms with Crippen LogP contribution in [-0.4, -0.2) is 38.6 Å². The number of aromatic hydroxyl groups is 1. The zero-order chi connectivity index (χ0) is 18.8. The number of aromatic amines is 2. The Balaban J connectivity index is 1.57. The summed E-state index contributed by atoms with van der Waals surface area (Å²) in [6.07, 6.45) is 4.25. The number of H-pyrrole nitrogens is 2. The van der Waals surface area contributed by atoms with E-state index in [1.54, 1.807) is 6.07 Å². The van der Waals surface area contributed by atoms with Gasteiger partial charge in [-0.15, -0.1) is 0 Å². The fourth-order valence-electron chi connectivity index (χ4n) is 3.68. The Morgan fingerprint density at radius 2 is 2.26 bits per heavy atom. The van der Waals surface area contributed by atoms with Crippen LogP contribution in [0.5, 0.6) is 5.75 Å². The Hall–Kier alpha value is -2.38. The van der Waals surface area contributed by atoms with E-state index in [0.717, 1.165) is 54.0 Å². The summed E-state index contributed by atoms with van der Waals surface area (Å²) in [6, 6.07) is 3.65. The van der Waals surface area contributed by atoms with Crippen molar-refractivity contribution in [2.45, 2.75) is 46.1 Å². The van der Waals surface area contributed by atoms with Gasteiger partial charge < -0.3 is 14.8 Å². The van der Waals surface area contributed by atoms with Gasteiger partial charge in [0.1, 0.15) is 11.4 Å². The van der Waals surface area contributed by atoms with E-state index in [2.05, 4.69) is 39.3 Å². The average molecular weight is 369 g/mol. The highest BCUT2D eigenvalue weighted by Gasteiger charge is 2.23. The Bertz CT molecular complexity index is 930. The zero-order valence-corrected chi connectivity index (χ0v) is 15.9. The van der Waals surface area contributed by atoms with Crippen LogP contribution in [0, 0.1) is 5.92 Å². The van der Waals surface area contributed by atoms with E-state index in [-0.39, 0.29) is 5.75 Å². The van der Waals surface area contributed by atoms with Crippen LogP contribution in [0.15, 0.2) is 12.1 Å². The minimum Gasteiger partial charge on any atom is -0.508 e. The molecule has 2 heterocycles.